The molecule has 3 heteroatoms. The summed E-state index contributed by atoms with van der Waals surface area (Å²) in [5.41, 5.74) is 0. The van der Waals surface area contributed by atoms with Crippen molar-refractivity contribution in [3.05, 3.63) is 0 Å². The average Bonchev–Trinajstić information content (AvgIpc) is 1.99. The zero-order valence-electron chi connectivity index (χ0n) is 4.32. The van der Waals surface area contributed by atoms with Gasteiger partial charge in [-0.1, -0.05) is 12.8 Å². The third-order valence-electron chi connectivity index (χ3n) is 1.45. The number of hydrogen-bond acceptors (Lipinski definition) is 0. The fourth-order valence-corrected chi connectivity index (χ4v) is 0.682. The Bertz CT molecular complexity index is 72.2. The molecule has 0 bridgehead atoms. The summed E-state index contributed by atoms with van der Waals surface area (Å²) in [4.78, 5) is 0. The van der Waals surface area contributed by atoms with Gasteiger partial charge in [0.25, 0.3) is 0 Å². The van der Waals surface area contributed by atoms with E-state index in [9.17, 15) is 8.63 Å². The van der Waals surface area contributed by atoms with Gasteiger partial charge in [-0.3, -0.25) is 0 Å². The molecule has 0 radical (unpaired) electrons. The van der Waals surface area contributed by atoms with E-state index >= 15 is 0 Å². The maximum Gasteiger partial charge on any atom is 0.306 e. The van der Waals surface area contributed by atoms with Crippen molar-refractivity contribution >= 4 is 6.70 Å². The number of rotatable bonds is 1. The molecule has 0 aromatic heterocycles. The average molecular weight is 105 g/mol. The first-order valence-corrected chi connectivity index (χ1v) is 2.66. The van der Waals surface area contributed by atoms with Crippen LogP contribution < -0.4 is 0 Å². The Hall–Kier alpha value is -0.0751. The first-order chi connectivity index (χ1) is 3.11. The predicted molar refractivity (Wildman–Crippen MR) is 26.8 cm³/mol. The molecule has 1 aliphatic rings. The van der Waals surface area contributed by atoms with Crippen LogP contribution in [0.5, 0.6) is 0 Å². The quantitative estimate of drug-likeness (QED) is 0.448. The van der Waals surface area contributed by atoms with Gasteiger partial charge in [0.2, 0.25) is 0 Å². The normalized spacial score (nSPS) is 22.7. The summed E-state index contributed by atoms with van der Waals surface area (Å²) in [6.07, 6.45) is 1.51. The fourth-order valence-electron chi connectivity index (χ4n) is 0.682. The van der Waals surface area contributed by atoms with E-state index in [1.165, 1.54) is 0 Å². The molecule has 0 amide bonds. The number of hydrogen-bond donors (Lipinski definition) is 0. The highest BCUT2D eigenvalue weighted by molar-refractivity contribution is 6.67. The molecule has 7 heavy (non-hydrogen) atoms. The van der Waals surface area contributed by atoms with Crippen molar-refractivity contribution < 1.29 is 8.63 Å². The van der Waals surface area contributed by atoms with Crippen LogP contribution in [0.15, 0.2) is 0 Å². The molecular formula is C4H8BF2-. The maximum atomic E-state index is 12.0. The molecule has 0 saturated heterocycles. The van der Waals surface area contributed by atoms with E-state index in [2.05, 4.69) is 0 Å². The Morgan fingerprint density at radius 3 is 1.86 bits per heavy atom. The monoisotopic (exact) mass is 105 g/mol. The maximum absolute atomic E-state index is 12.0. The zero-order valence-corrected chi connectivity index (χ0v) is 4.32. The summed E-state index contributed by atoms with van der Waals surface area (Å²) in [5.74, 6) is -0.222. The topological polar surface area (TPSA) is 0 Å². The van der Waals surface area contributed by atoms with Crippen LogP contribution in [-0.2, 0) is 0 Å². The lowest BCUT2D eigenvalue weighted by molar-refractivity contribution is 0.604. The molecule has 0 spiro atoms. The van der Waals surface area contributed by atoms with Crippen LogP contribution >= 0.6 is 0 Å². The number of halogens is 2. The minimum atomic E-state index is -2.94. The Labute approximate surface area is 41.9 Å². The van der Waals surface area contributed by atoms with E-state index in [4.69, 9.17) is 0 Å². The lowest BCUT2D eigenvalue weighted by atomic mass is 9.62. The van der Waals surface area contributed by atoms with Crippen molar-refractivity contribution in [2.75, 3.05) is 0 Å². The molecule has 1 rings (SSSR count). The second-order valence-corrected chi connectivity index (χ2v) is 2.44. The van der Waals surface area contributed by atoms with Crippen molar-refractivity contribution in [2.45, 2.75) is 25.5 Å². The summed E-state index contributed by atoms with van der Waals surface area (Å²) >= 11 is 0. The Morgan fingerprint density at radius 2 is 1.86 bits per heavy atom. The van der Waals surface area contributed by atoms with E-state index in [0.29, 0.717) is 0 Å². The Morgan fingerprint density at radius 1 is 1.43 bits per heavy atom. The van der Waals surface area contributed by atoms with E-state index in [0.717, 1.165) is 19.7 Å². The third kappa shape index (κ3) is 1.15. The molecule has 42 valence electrons. The lowest BCUT2D eigenvalue weighted by Crippen LogP contribution is -2.15. The van der Waals surface area contributed by atoms with Crippen LogP contribution in [0.2, 0.25) is 12.6 Å². The van der Waals surface area contributed by atoms with Gasteiger partial charge in [0.05, 0.1) is 0 Å². The summed E-state index contributed by atoms with van der Waals surface area (Å²) in [5, 5.41) is 0. The Balaban J connectivity index is 2.36. The largest absolute Gasteiger partial charge is 0.478 e. The summed E-state index contributed by atoms with van der Waals surface area (Å²) in [7, 11) is 0. The highest BCUT2D eigenvalue weighted by atomic mass is 19.2. The molecular weight excluding hydrogens is 96.9 g/mol. The van der Waals surface area contributed by atoms with Gasteiger partial charge in [-0.25, -0.2) is 0 Å². The van der Waals surface area contributed by atoms with Crippen molar-refractivity contribution in [1.82, 2.24) is 0 Å². The molecule has 0 nitrogen and oxygen atoms in total. The molecule has 1 fully saturated rings. The van der Waals surface area contributed by atoms with E-state index in [-0.39, 0.29) is 5.82 Å². The molecule has 0 N–H and O–H groups in total. The SMILES string of the molecule is C[B-](F)(F)C1CC1. The molecule has 0 aromatic carbocycles. The summed E-state index contributed by atoms with van der Waals surface area (Å²) in [6, 6.07) is 0. The van der Waals surface area contributed by atoms with E-state index in [1.54, 1.807) is 0 Å². The van der Waals surface area contributed by atoms with Gasteiger partial charge >= 0.3 is 6.70 Å². The third-order valence-corrected chi connectivity index (χ3v) is 1.45. The summed E-state index contributed by atoms with van der Waals surface area (Å²) < 4.78 is 23.9. The molecule has 0 aromatic rings. The lowest BCUT2D eigenvalue weighted by Gasteiger charge is -2.13. The van der Waals surface area contributed by atoms with Crippen LogP contribution in [0, 0.1) is 0 Å². The molecule has 1 aliphatic carbocycles. The minimum absolute atomic E-state index is 0.222. The van der Waals surface area contributed by atoms with Crippen molar-refractivity contribution in [3.8, 4) is 0 Å². The van der Waals surface area contributed by atoms with Crippen molar-refractivity contribution in [1.29, 1.82) is 0 Å². The summed E-state index contributed by atoms with van der Waals surface area (Å²) in [6.45, 7) is -1.89. The smallest absolute Gasteiger partial charge is 0.306 e. The van der Waals surface area contributed by atoms with Gasteiger partial charge < -0.3 is 8.63 Å². The van der Waals surface area contributed by atoms with Crippen molar-refractivity contribution in [2.24, 2.45) is 0 Å². The van der Waals surface area contributed by atoms with Crippen molar-refractivity contribution in [3.63, 3.8) is 0 Å². The highest BCUT2D eigenvalue weighted by Gasteiger charge is 2.36. The van der Waals surface area contributed by atoms with Gasteiger partial charge in [-0.2, -0.15) is 0 Å². The zero-order chi connectivity index (χ0) is 5.49. The second-order valence-electron chi connectivity index (χ2n) is 2.44. The van der Waals surface area contributed by atoms with Crippen LogP contribution in [0.3, 0.4) is 0 Å². The molecule has 0 aliphatic heterocycles. The Kier molecular flexibility index (Phi) is 0.872. The molecule has 1 saturated carbocycles. The molecule has 0 atom stereocenters. The first-order valence-electron chi connectivity index (χ1n) is 2.66. The van der Waals surface area contributed by atoms with Crippen LogP contribution in [0.25, 0.3) is 0 Å². The van der Waals surface area contributed by atoms with E-state index in [1.807, 2.05) is 0 Å². The molecule has 0 unspecified atom stereocenters. The first kappa shape index (κ1) is 5.07. The van der Waals surface area contributed by atoms with Crippen LogP contribution in [-0.4, -0.2) is 6.70 Å². The fraction of sp³-hybridized carbons (Fsp3) is 1.00. The van der Waals surface area contributed by atoms with Gasteiger partial charge in [0.15, 0.2) is 0 Å². The van der Waals surface area contributed by atoms with Gasteiger partial charge in [0, 0.05) is 0 Å². The van der Waals surface area contributed by atoms with Gasteiger partial charge in [-0.05, 0) is 0 Å². The standard InChI is InChI=1S/C4H8BF2/c1-5(6,7)4-2-3-4/h4H,2-3H2,1H3/q-1. The highest BCUT2D eigenvalue weighted by Crippen LogP contribution is 2.46. The van der Waals surface area contributed by atoms with Crippen LogP contribution in [0.1, 0.15) is 12.8 Å². The van der Waals surface area contributed by atoms with Gasteiger partial charge in [-0.15, -0.1) is 12.6 Å². The second kappa shape index (κ2) is 1.20. The predicted octanol–water partition coefficient (Wildman–Crippen LogP) is 2.16. The van der Waals surface area contributed by atoms with Gasteiger partial charge in [0.1, 0.15) is 0 Å². The van der Waals surface area contributed by atoms with Crippen LogP contribution in [0.4, 0.5) is 8.63 Å². The molecule has 0 heterocycles. The minimum Gasteiger partial charge on any atom is -0.478 e. The van der Waals surface area contributed by atoms with E-state index < -0.39 is 6.70 Å².